The molecule has 0 saturated carbocycles. The van der Waals surface area contributed by atoms with Crippen molar-refractivity contribution in [3.05, 3.63) is 23.2 Å². The summed E-state index contributed by atoms with van der Waals surface area (Å²) in [4.78, 5) is 4.45. The summed E-state index contributed by atoms with van der Waals surface area (Å²) in [6.07, 6.45) is 0. The van der Waals surface area contributed by atoms with Crippen LogP contribution in [0.15, 0.2) is 18.2 Å². The molecule has 0 aliphatic heterocycles. The molecule has 0 aliphatic rings. The van der Waals surface area contributed by atoms with Gasteiger partial charge in [-0.2, -0.15) is 0 Å². The molecule has 1 aromatic carbocycles. The van der Waals surface area contributed by atoms with E-state index in [-0.39, 0.29) is 6.04 Å². The Balaban J connectivity index is 2.43. The van der Waals surface area contributed by atoms with Gasteiger partial charge in [0.25, 0.3) is 0 Å². The number of ether oxygens (including phenoxy) is 1. The van der Waals surface area contributed by atoms with Gasteiger partial charge in [-0.05, 0) is 32.0 Å². The first-order valence-corrected chi connectivity index (χ1v) is 5.81. The fraction of sp³-hybridized carbons (Fsp3) is 0.364. The van der Waals surface area contributed by atoms with Gasteiger partial charge in [-0.15, -0.1) is 11.3 Å². The molecule has 1 unspecified atom stereocenters. The lowest BCUT2D eigenvalue weighted by Crippen LogP contribution is -2.03. The smallest absolute Gasteiger partial charge is 0.120 e. The van der Waals surface area contributed by atoms with E-state index in [0.717, 1.165) is 21.0 Å². The Labute approximate surface area is 92.9 Å². The van der Waals surface area contributed by atoms with E-state index in [2.05, 4.69) is 4.98 Å². The highest BCUT2D eigenvalue weighted by Gasteiger charge is 2.07. The van der Waals surface area contributed by atoms with Crippen molar-refractivity contribution in [2.24, 2.45) is 5.73 Å². The normalized spacial score (nSPS) is 13.0. The SMILES string of the molecule is CCOc1ccc2nc(C(C)N)sc2c1. The highest BCUT2D eigenvalue weighted by Crippen LogP contribution is 2.28. The second-order valence-corrected chi connectivity index (χ2v) is 4.47. The maximum atomic E-state index is 5.79. The molecule has 1 aromatic heterocycles. The minimum absolute atomic E-state index is 0.00190. The predicted octanol–water partition coefficient (Wildman–Crippen LogP) is 2.71. The molecule has 3 nitrogen and oxygen atoms in total. The number of hydrogen-bond donors (Lipinski definition) is 1. The third-order valence-electron chi connectivity index (χ3n) is 2.08. The largest absolute Gasteiger partial charge is 0.494 e. The standard InChI is InChI=1S/C11H14N2OS/c1-3-14-8-4-5-9-10(6-8)15-11(13-9)7(2)12/h4-7H,3,12H2,1-2H3. The monoisotopic (exact) mass is 222 g/mol. The van der Waals surface area contributed by atoms with Crippen LogP contribution in [0.1, 0.15) is 24.9 Å². The van der Waals surface area contributed by atoms with E-state index in [9.17, 15) is 0 Å². The lowest BCUT2D eigenvalue weighted by molar-refractivity contribution is 0.341. The second kappa shape index (κ2) is 4.16. The lowest BCUT2D eigenvalue weighted by Gasteiger charge is -2.00. The van der Waals surface area contributed by atoms with E-state index in [4.69, 9.17) is 10.5 Å². The first-order chi connectivity index (χ1) is 7.20. The first-order valence-electron chi connectivity index (χ1n) is 4.99. The van der Waals surface area contributed by atoms with Crippen molar-refractivity contribution in [2.75, 3.05) is 6.61 Å². The number of nitrogens with zero attached hydrogens (tertiary/aromatic N) is 1. The van der Waals surface area contributed by atoms with Gasteiger partial charge in [0.2, 0.25) is 0 Å². The maximum absolute atomic E-state index is 5.79. The zero-order valence-electron chi connectivity index (χ0n) is 8.86. The fourth-order valence-corrected chi connectivity index (χ4v) is 2.32. The third kappa shape index (κ3) is 2.11. The summed E-state index contributed by atoms with van der Waals surface area (Å²) >= 11 is 1.63. The number of benzene rings is 1. The van der Waals surface area contributed by atoms with Crippen LogP contribution in [-0.2, 0) is 0 Å². The van der Waals surface area contributed by atoms with Crippen molar-refractivity contribution in [3.8, 4) is 5.75 Å². The zero-order valence-corrected chi connectivity index (χ0v) is 9.67. The summed E-state index contributed by atoms with van der Waals surface area (Å²) in [5.74, 6) is 0.893. The Morgan fingerprint density at radius 2 is 2.33 bits per heavy atom. The van der Waals surface area contributed by atoms with Crippen LogP contribution >= 0.6 is 11.3 Å². The summed E-state index contributed by atoms with van der Waals surface area (Å²) in [5.41, 5.74) is 6.79. The zero-order chi connectivity index (χ0) is 10.8. The second-order valence-electron chi connectivity index (χ2n) is 3.40. The molecule has 1 heterocycles. The molecule has 1 atom stereocenters. The average molecular weight is 222 g/mol. The van der Waals surface area contributed by atoms with Crippen molar-refractivity contribution in [1.29, 1.82) is 0 Å². The van der Waals surface area contributed by atoms with Gasteiger partial charge in [0, 0.05) is 0 Å². The van der Waals surface area contributed by atoms with E-state index in [1.54, 1.807) is 11.3 Å². The molecule has 0 aliphatic carbocycles. The molecule has 0 spiro atoms. The Bertz CT molecular complexity index is 465. The highest BCUT2D eigenvalue weighted by molar-refractivity contribution is 7.18. The Hall–Kier alpha value is -1.13. The topological polar surface area (TPSA) is 48.1 Å². The molecule has 80 valence electrons. The minimum Gasteiger partial charge on any atom is -0.494 e. The van der Waals surface area contributed by atoms with E-state index in [1.807, 2.05) is 32.0 Å². The third-order valence-corrected chi connectivity index (χ3v) is 3.30. The van der Waals surface area contributed by atoms with Crippen LogP contribution in [0.2, 0.25) is 0 Å². The molecule has 0 fully saturated rings. The van der Waals surface area contributed by atoms with Crippen molar-refractivity contribution in [3.63, 3.8) is 0 Å². The van der Waals surface area contributed by atoms with Crippen LogP contribution < -0.4 is 10.5 Å². The first kappa shape index (κ1) is 10.4. The molecule has 0 radical (unpaired) electrons. The van der Waals surface area contributed by atoms with Crippen LogP contribution in [0.3, 0.4) is 0 Å². The van der Waals surface area contributed by atoms with Crippen LogP contribution in [0.4, 0.5) is 0 Å². The summed E-state index contributed by atoms with van der Waals surface area (Å²) in [7, 11) is 0. The van der Waals surface area contributed by atoms with Crippen LogP contribution in [0, 0.1) is 0 Å². The number of nitrogens with two attached hydrogens (primary N) is 1. The van der Waals surface area contributed by atoms with Gasteiger partial charge in [-0.25, -0.2) is 4.98 Å². The minimum atomic E-state index is -0.00190. The predicted molar refractivity (Wildman–Crippen MR) is 63.4 cm³/mol. The van der Waals surface area contributed by atoms with Gasteiger partial charge >= 0.3 is 0 Å². The summed E-state index contributed by atoms with van der Waals surface area (Å²) in [6.45, 7) is 4.61. The Morgan fingerprint density at radius 3 is 3.00 bits per heavy atom. The molecule has 2 aromatic rings. The Morgan fingerprint density at radius 1 is 1.53 bits per heavy atom. The summed E-state index contributed by atoms with van der Waals surface area (Å²) in [6, 6.07) is 5.93. The number of fused-ring (bicyclic) bond motifs is 1. The summed E-state index contributed by atoms with van der Waals surface area (Å²) in [5, 5.41) is 0.971. The summed E-state index contributed by atoms with van der Waals surface area (Å²) < 4.78 is 6.56. The van der Waals surface area contributed by atoms with E-state index >= 15 is 0 Å². The van der Waals surface area contributed by atoms with Crippen molar-refractivity contribution >= 4 is 21.6 Å². The van der Waals surface area contributed by atoms with Gasteiger partial charge in [-0.3, -0.25) is 0 Å². The molecule has 15 heavy (non-hydrogen) atoms. The molecular formula is C11H14N2OS. The Kier molecular flexibility index (Phi) is 2.88. The molecule has 4 heteroatoms. The van der Waals surface area contributed by atoms with Crippen LogP contribution in [-0.4, -0.2) is 11.6 Å². The molecule has 0 amide bonds. The number of thiazole rings is 1. The lowest BCUT2D eigenvalue weighted by atomic mass is 10.3. The number of aromatic nitrogens is 1. The highest BCUT2D eigenvalue weighted by atomic mass is 32.1. The van der Waals surface area contributed by atoms with Gasteiger partial charge < -0.3 is 10.5 Å². The quantitative estimate of drug-likeness (QED) is 0.868. The van der Waals surface area contributed by atoms with Gasteiger partial charge in [-0.1, -0.05) is 0 Å². The van der Waals surface area contributed by atoms with E-state index in [0.29, 0.717) is 6.61 Å². The van der Waals surface area contributed by atoms with Crippen LogP contribution in [0.25, 0.3) is 10.2 Å². The molecular weight excluding hydrogens is 208 g/mol. The van der Waals surface area contributed by atoms with Crippen molar-refractivity contribution < 1.29 is 4.74 Å². The van der Waals surface area contributed by atoms with E-state index < -0.39 is 0 Å². The maximum Gasteiger partial charge on any atom is 0.120 e. The van der Waals surface area contributed by atoms with Crippen molar-refractivity contribution in [1.82, 2.24) is 4.98 Å². The molecule has 0 bridgehead atoms. The number of hydrogen-bond acceptors (Lipinski definition) is 4. The molecule has 0 saturated heterocycles. The van der Waals surface area contributed by atoms with Crippen molar-refractivity contribution in [2.45, 2.75) is 19.9 Å². The van der Waals surface area contributed by atoms with Gasteiger partial charge in [0.15, 0.2) is 0 Å². The number of rotatable bonds is 3. The van der Waals surface area contributed by atoms with Gasteiger partial charge in [0.1, 0.15) is 10.8 Å². The average Bonchev–Trinajstić information content (AvgIpc) is 2.61. The van der Waals surface area contributed by atoms with E-state index in [1.165, 1.54) is 0 Å². The fourth-order valence-electron chi connectivity index (χ4n) is 1.37. The van der Waals surface area contributed by atoms with Crippen LogP contribution in [0.5, 0.6) is 5.75 Å². The molecule has 2 rings (SSSR count). The van der Waals surface area contributed by atoms with Gasteiger partial charge in [0.05, 0.1) is 22.9 Å². The molecule has 2 N–H and O–H groups in total.